The Bertz CT molecular complexity index is 1070. The predicted molar refractivity (Wildman–Crippen MR) is 100 cm³/mol. The highest BCUT2D eigenvalue weighted by Crippen LogP contribution is 2.33. The van der Waals surface area contributed by atoms with Crippen molar-refractivity contribution in [3.8, 4) is 0 Å². The van der Waals surface area contributed by atoms with Gasteiger partial charge in [-0.1, -0.05) is 36.4 Å². The normalized spacial score (nSPS) is 10.9. The van der Waals surface area contributed by atoms with Crippen LogP contribution < -0.4 is 11.1 Å². The number of nitrogens with zero attached hydrogens (tertiary/aromatic N) is 1. The molecule has 0 saturated heterocycles. The summed E-state index contributed by atoms with van der Waals surface area (Å²) in [5, 5.41) is 14.6. The molecule has 0 spiro atoms. The number of aromatic carboxylic acids is 1. The highest BCUT2D eigenvalue weighted by Gasteiger charge is 2.12. The zero-order chi connectivity index (χ0) is 17.4. The molecule has 5 nitrogen and oxygen atoms in total. The number of nitrogen functional groups attached to an aromatic ring is 1. The van der Waals surface area contributed by atoms with Crippen LogP contribution in [0.4, 0.5) is 17.1 Å². The summed E-state index contributed by atoms with van der Waals surface area (Å²) in [4.78, 5) is 16.0. The third-order valence-electron chi connectivity index (χ3n) is 4.14. The Morgan fingerprint density at radius 2 is 1.52 bits per heavy atom. The number of carboxylic acid groups (broad SMARTS) is 1. The molecule has 1 aromatic heterocycles. The maximum absolute atomic E-state index is 11.3. The van der Waals surface area contributed by atoms with Crippen molar-refractivity contribution in [3.05, 3.63) is 72.3 Å². The van der Waals surface area contributed by atoms with E-state index in [1.807, 2.05) is 48.5 Å². The summed E-state index contributed by atoms with van der Waals surface area (Å²) in [7, 11) is 0. The Hall–Kier alpha value is -3.60. The minimum Gasteiger partial charge on any atom is -0.478 e. The molecule has 4 rings (SSSR count). The van der Waals surface area contributed by atoms with Gasteiger partial charge in [0.1, 0.15) is 0 Å². The molecule has 122 valence electrons. The monoisotopic (exact) mass is 329 g/mol. The Morgan fingerprint density at radius 1 is 0.920 bits per heavy atom. The molecule has 4 aromatic rings. The third kappa shape index (κ3) is 2.61. The Kier molecular flexibility index (Phi) is 3.47. The Morgan fingerprint density at radius 3 is 2.12 bits per heavy atom. The van der Waals surface area contributed by atoms with Gasteiger partial charge >= 0.3 is 5.97 Å². The molecular weight excluding hydrogens is 314 g/mol. The number of aromatic nitrogens is 1. The van der Waals surface area contributed by atoms with Gasteiger partial charge < -0.3 is 16.2 Å². The minimum atomic E-state index is -1.05. The number of hydrogen-bond acceptors (Lipinski definition) is 4. The van der Waals surface area contributed by atoms with Crippen molar-refractivity contribution >= 4 is 44.8 Å². The number of fused-ring (bicyclic) bond motifs is 2. The molecule has 0 radical (unpaired) electrons. The Balaban J connectivity index is 1.93. The van der Waals surface area contributed by atoms with Crippen molar-refractivity contribution in [2.24, 2.45) is 0 Å². The number of rotatable bonds is 3. The highest BCUT2D eigenvalue weighted by molar-refractivity contribution is 6.08. The summed E-state index contributed by atoms with van der Waals surface area (Å²) in [6.45, 7) is 0. The van der Waals surface area contributed by atoms with Crippen LogP contribution in [0.5, 0.6) is 0 Å². The average Bonchev–Trinajstić information content (AvgIpc) is 2.62. The lowest BCUT2D eigenvalue weighted by molar-refractivity contribution is 0.0698. The van der Waals surface area contributed by atoms with Gasteiger partial charge in [0.25, 0.3) is 0 Å². The van der Waals surface area contributed by atoms with Crippen molar-refractivity contribution in [2.45, 2.75) is 0 Å². The predicted octanol–water partition coefficient (Wildman–Crippen LogP) is 4.41. The van der Waals surface area contributed by atoms with Gasteiger partial charge in [-0.25, -0.2) is 9.78 Å². The fraction of sp³-hybridized carbons (Fsp3) is 0. The van der Waals surface area contributed by atoms with Gasteiger partial charge in [-0.05, 0) is 30.3 Å². The van der Waals surface area contributed by atoms with Gasteiger partial charge in [-0.3, -0.25) is 0 Å². The number of nitrogens with one attached hydrogen (secondary N) is 1. The van der Waals surface area contributed by atoms with Gasteiger partial charge in [0.05, 0.1) is 22.3 Å². The molecule has 0 amide bonds. The van der Waals surface area contributed by atoms with E-state index < -0.39 is 5.97 Å². The first kappa shape index (κ1) is 15.0. The number of carbonyl (C=O) groups is 1. The number of nitrogens with two attached hydrogens (primary N) is 1. The van der Waals surface area contributed by atoms with Crippen LogP contribution in [0.15, 0.2) is 66.7 Å². The third-order valence-corrected chi connectivity index (χ3v) is 4.14. The summed E-state index contributed by atoms with van der Waals surface area (Å²) in [6, 6.07) is 20.6. The fourth-order valence-corrected chi connectivity index (χ4v) is 2.94. The molecule has 1 heterocycles. The molecule has 0 fully saturated rings. The van der Waals surface area contributed by atoms with Crippen molar-refractivity contribution < 1.29 is 9.90 Å². The minimum absolute atomic E-state index is 0.0765. The number of carboxylic acids is 1. The molecule has 4 N–H and O–H groups in total. The van der Waals surface area contributed by atoms with Crippen molar-refractivity contribution in [2.75, 3.05) is 11.1 Å². The largest absolute Gasteiger partial charge is 0.478 e. The van der Waals surface area contributed by atoms with E-state index >= 15 is 0 Å². The van der Waals surface area contributed by atoms with Crippen LogP contribution in [-0.4, -0.2) is 16.1 Å². The zero-order valence-corrected chi connectivity index (χ0v) is 13.2. The Labute approximate surface area is 143 Å². The first-order valence-electron chi connectivity index (χ1n) is 7.81. The van der Waals surface area contributed by atoms with Crippen LogP contribution in [0.3, 0.4) is 0 Å². The quantitative estimate of drug-likeness (QED) is 0.383. The lowest BCUT2D eigenvalue weighted by atomic mass is 10.1. The second kappa shape index (κ2) is 5.79. The van der Waals surface area contributed by atoms with E-state index in [1.54, 1.807) is 18.2 Å². The van der Waals surface area contributed by atoms with Gasteiger partial charge in [0, 0.05) is 22.1 Å². The molecule has 0 saturated carbocycles. The van der Waals surface area contributed by atoms with Crippen LogP contribution in [0, 0.1) is 0 Å². The molecule has 5 heteroatoms. The molecule has 0 aliphatic carbocycles. The van der Waals surface area contributed by atoms with E-state index in [1.165, 1.54) is 0 Å². The summed E-state index contributed by atoms with van der Waals surface area (Å²) < 4.78 is 0. The van der Waals surface area contributed by atoms with Crippen LogP contribution in [0.25, 0.3) is 21.8 Å². The van der Waals surface area contributed by atoms with Gasteiger partial charge in [0.2, 0.25) is 0 Å². The molecule has 0 atom stereocenters. The second-order valence-corrected chi connectivity index (χ2v) is 5.75. The zero-order valence-electron chi connectivity index (χ0n) is 13.2. The summed E-state index contributed by atoms with van der Waals surface area (Å²) in [6.07, 6.45) is 0. The van der Waals surface area contributed by atoms with E-state index in [2.05, 4.69) is 10.3 Å². The van der Waals surface area contributed by atoms with Gasteiger partial charge in [-0.2, -0.15) is 0 Å². The van der Waals surface area contributed by atoms with E-state index in [4.69, 9.17) is 5.73 Å². The summed E-state index contributed by atoms with van der Waals surface area (Å²) in [5.74, 6) is -1.05. The molecule has 3 aromatic carbocycles. The number of anilines is 3. The highest BCUT2D eigenvalue weighted by atomic mass is 16.4. The van der Waals surface area contributed by atoms with E-state index in [9.17, 15) is 9.90 Å². The first-order chi connectivity index (χ1) is 12.1. The van der Waals surface area contributed by atoms with Gasteiger partial charge in [-0.15, -0.1) is 0 Å². The van der Waals surface area contributed by atoms with Crippen molar-refractivity contribution in [1.82, 2.24) is 4.98 Å². The van der Waals surface area contributed by atoms with Crippen LogP contribution in [0.1, 0.15) is 10.4 Å². The average molecular weight is 329 g/mol. The molecule has 25 heavy (non-hydrogen) atoms. The lowest BCUT2D eigenvalue weighted by Gasteiger charge is -2.14. The van der Waals surface area contributed by atoms with Crippen molar-refractivity contribution in [3.63, 3.8) is 0 Å². The smallest absolute Gasteiger partial charge is 0.337 e. The molecule has 0 aliphatic rings. The number of hydrogen-bond donors (Lipinski definition) is 3. The first-order valence-corrected chi connectivity index (χ1v) is 7.81. The SMILES string of the molecule is Nc1ccc(Nc2c3ccccc3nc3ccccc23)cc1C(=O)O. The van der Waals surface area contributed by atoms with E-state index in [-0.39, 0.29) is 11.3 Å². The fourth-order valence-electron chi connectivity index (χ4n) is 2.94. The number of pyridine rings is 1. The molecule has 0 bridgehead atoms. The topological polar surface area (TPSA) is 88.2 Å². The molecule has 0 unspecified atom stereocenters. The van der Waals surface area contributed by atoms with E-state index in [0.717, 1.165) is 27.5 Å². The standard InChI is InChI=1S/C20H15N3O2/c21-16-10-9-12(11-15(16)20(24)25)22-19-13-5-1-3-7-17(13)23-18-8-4-2-6-14(18)19/h1-11H,21H2,(H,22,23)(H,24,25). The number of benzene rings is 3. The number of para-hydroxylation sites is 2. The van der Waals surface area contributed by atoms with Crippen LogP contribution in [-0.2, 0) is 0 Å². The van der Waals surface area contributed by atoms with Gasteiger partial charge in [0.15, 0.2) is 0 Å². The summed E-state index contributed by atoms with van der Waals surface area (Å²) in [5.41, 5.74) is 9.36. The van der Waals surface area contributed by atoms with E-state index in [0.29, 0.717) is 5.69 Å². The van der Waals surface area contributed by atoms with Crippen LogP contribution >= 0.6 is 0 Å². The van der Waals surface area contributed by atoms with Crippen molar-refractivity contribution in [1.29, 1.82) is 0 Å². The maximum Gasteiger partial charge on any atom is 0.337 e. The maximum atomic E-state index is 11.3. The second-order valence-electron chi connectivity index (χ2n) is 5.75. The molecular formula is C20H15N3O2. The molecule has 0 aliphatic heterocycles. The summed E-state index contributed by atoms with van der Waals surface area (Å²) >= 11 is 0. The lowest BCUT2D eigenvalue weighted by Crippen LogP contribution is -2.03. The van der Waals surface area contributed by atoms with Crippen LogP contribution in [0.2, 0.25) is 0 Å².